The van der Waals surface area contributed by atoms with Crippen molar-refractivity contribution in [3.63, 3.8) is 0 Å². The lowest BCUT2D eigenvalue weighted by Crippen LogP contribution is -2.26. The summed E-state index contributed by atoms with van der Waals surface area (Å²) in [6.07, 6.45) is 3.83. The second-order valence-electron chi connectivity index (χ2n) is 6.55. The molecular weight excluding hydrogens is 320 g/mol. The Morgan fingerprint density at radius 3 is 2.84 bits per heavy atom. The molecule has 0 saturated carbocycles. The van der Waals surface area contributed by atoms with E-state index < -0.39 is 0 Å². The van der Waals surface area contributed by atoms with Gasteiger partial charge in [0.2, 0.25) is 0 Å². The van der Waals surface area contributed by atoms with Crippen LogP contribution in [-0.2, 0) is 6.42 Å². The minimum Gasteiger partial charge on any atom is -0.352 e. The van der Waals surface area contributed by atoms with Crippen molar-refractivity contribution >= 4 is 17.0 Å². The number of hydrogen-bond donors (Lipinski definition) is 1. The number of nitrogens with zero attached hydrogens (tertiary/aromatic N) is 5. The molecule has 8 nitrogen and oxygen atoms in total. The van der Waals surface area contributed by atoms with Crippen molar-refractivity contribution in [1.82, 2.24) is 30.2 Å². The molecule has 1 N–H and O–H groups in total. The molecule has 0 aliphatic carbocycles. The quantitative estimate of drug-likeness (QED) is 0.739. The number of rotatable bonds is 6. The van der Waals surface area contributed by atoms with Gasteiger partial charge in [-0.3, -0.25) is 4.79 Å². The summed E-state index contributed by atoms with van der Waals surface area (Å²) in [5.74, 6) is 0.870. The van der Waals surface area contributed by atoms with Crippen LogP contribution in [-0.4, -0.2) is 37.4 Å². The minimum absolute atomic E-state index is 0.180. The highest BCUT2D eigenvalue weighted by Gasteiger charge is 2.16. The van der Waals surface area contributed by atoms with Gasteiger partial charge in [0.25, 0.3) is 11.6 Å². The fraction of sp³-hybridized carbons (Fsp3) is 0.471. The third kappa shape index (κ3) is 3.52. The Labute approximate surface area is 145 Å². The maximum atomic E-state index is 12.4. The summed E-state index contributed by atoms with van der Waals surface area (Å²) in [4.78, 5) is 16.6. The highest BCUT2D eigenvalue weighted by molar-refractivity contribution is 5.97. The van der Waals surface area contributed by atoms with E-state index in [4.69, 9.17) is 4.52 Å². The van der Waals surface area contributed by atoms with Crippen molar-refractivity contribution in [2.75, 3.05) is 6.54 Å². The van der Waals surface area contributed by atoms with E-state index in [0.717, 1.165) is 16.9 Å². The van der Waals surface area contributed by atoms with Crippen molar-refractivity contribution in [2.45, 2.75) is 46.1 Å². The predicted molar refractivity (Wildman–Crippen MR) is 92.3 cm³/mol. The Kier molecular flexibility index (Phi) is 4.78. The first kappa shape index (κ1) is 17.1. The Morgan fingerprint density at radius 2 is 2.12 bits per heavy atom. The van der Waals surface area contributed by atoms with E-state index >= 15 is 0 Å². The van der Waals surface area contributed by atoms with Gasteiger partial charge in [-0.2, -0.15) is 0 Å². The first-order chi connectivity index (χ1) is 12.0. The first-order valence-corrected chi connectivity index (χ1v) is 8.39. The molecule has 3 rings (SSSR count). The van der Waals surface area contributed by atoms with Crippen LogP contribution in [0.1, 0.15) is 61.5 Å². The minimum atomic E-state index is -0.180. The number of pyridine rings is 1. The number of carbonyl (C=O) groups excluding carboxylic acids is 1. The van der Waals surface area contributed by atoms with Crippen LogP contribution >= 0.6 is 0 Å². The largest absolute Gasteiger partial charge is 0.352 e. The third-order valence-electron chi connectivity index (χ3n) is 4.00. The first-order valence-electron chi connectivity index (χ1n) is 8.39. The zero-order chi connectivity index (χ0) is 18.0. The molecule has 0 saturated heterocycles. The molecule has 1 amide bonds. The molecule has 0 atom stereocenters. The molecule has 3 heterocycles. The molecule has 3 aromatic rings. The molecule has 0 fully saturated rings. The van der Waals surface area contributed by atoms with Crippen LogP contribution in [0.4, 0.5) is 0 Å². The average Bonchev–Trinajstić information content (AvgIpc) is 3.20. The molecule has 0 aliphatic rings. The third-order valence-corrected chi connectivity index (χ3v) is 4.00. The lowest BCUT2D eigenvalue weighted by molar-refractivity contribution is 0.0953. The van der Waals surface area contributed by atoms with E-state index in [2.05, 4.69) is 39.5 Å². The van der Waals surface area contributed by atoms with Gasteiger partial charge in [-0.05, 0) is 25.8 Å². The molecule has 3 aromatic heterocycles. The fourth-order valence-corrected chi connectivity index (χ4v) is 2.66. The van der Waals surface area contributed by atoms with Crippen LogP contribution in [0.3, 0.4) is 0 Å². The number of aromatic nitrogens is 5. The van der Waals surface area contributed by atoms with Gasteiger partial charge >= 0.3 is 0 Å². The summed E-state index contributed by atoms with van der Waals surface area (Å²) in [5.41, 5.74) is 1.75. The second-order valence-corrected chi connectivity index (χ2v) is 6.55. The van der Waals surface area contributed by atoms with Gasteiger partial charge in [0.15, 0.2) is 0 Å². The van der Waals surface area contributed by atoms with Gasteiger partial charge in [-0.15, -0.1) is 10.2 Å². The Bertz CT molecular complexity index is 880. The monoisotopic (exact) mass is 342 g/mol. The maximum Gasteiger partial charge on any atom is 0.257 e. The van der Waals surface area contributed by atoms with Crippen LogP contribution < -0.4 is 5.32 Å². The molecule has 0 radical (unpaired) electrons. The highest BCUT2D eigenvalue weighted by atomic mass is 16.5. The maximum absolute atomic E-state index is 12.4. The molecular formula is C17H22N6O2. The SMILES string of the molecule is CC(C)c1noc2ncc(C(=O)NCCc3nncn3C(C)C)cc12. The van der Waals surface area contributed by atoms with Gasteiger partial charge in [0.05, 0.1) is 16.6 Å². The topological polar surface area (TPSA) is 98.7 Å². The summed E-state index contributed by atoms with van der Waals surface area (Å²) in [6.45, 7) is 8.65. The number of carbonyl (C=O) groups is 1. The van der Waals surface area contributed by atoms with Crippen molar-refractivity contribution in [3.05, 3.63) is 35.7 Å². The van der Waals surface area contributed by atoms with E-state index in [1.807, 2.05) is 18.4 Å². The average molecular weight is 342 g/mol. The van der Waals surface area contributed by atoms with Crippen molar-refractivity contribution in [1.29, 1.82) is 0 Å². The van der Waals surface area contributed by atoms with E-state index in [1.165, 1.54) is 6.20 Å². The number of fused-ring (bicyclic) bond motifs is 1. The summed E-state index contributed by atoms with van der Waals surface area (Å²) in [5, 5.41) is 15.7. The Hall–Kier alpha value is -2.77. The standard InChI is InChI=1S/C17H22N6O2/c1-10(2)15-13-7-12(8-19-17(13)25-22-15)16(24)18-6-5-14-21-20-9-23(14)11(3)4/h7-11H,5-6H2,1-4H3,(H,18,24). The molecule has 0 aromatic carbocycles. The summed E-state index contributed by atoms with van der Waals surface area (Å²) in [7, 11) is 0. The molecule has 0 spiro atoms. The molecule has 8 heteroatoms. The second kappa shape index (κ2) is 7.00. The fourth-order valence-electron chi connectivity index (χ4n) is 2.66. The summed E-state index contributed by atoms with van der Waals surface area (Å²) in [6, 6.07) is 2.07. The van der Waals surface area contributed by atoms with Crippen molar-refractivity contribution in [2.24, 2.45) is 0 Å². The van der Waals surface area contributed by atoms with Crippen LogP contribution in [0.25, 0.3) is 11.1 Å². The van der Waals surface area contributed by atoms with Gasteiger partial charge < -0.3 is 14.4 Å². The Morgan fingerprint density at radius 1 is 1.32 bits per heavy atom. The summed E-state index contributed by atoms with van der Waals surface area (Å²) < 4.78 is 7.19. The van der Waals surface area contributed by atoms with Gasteiger partial charge in [0.1, 0.15) is 12.2 Å². The predicted octanol–water partition coefficient (Wildman–Crippen LogP) is 2.49. The van der Waals surface area contributed by atoms with E-state index in [-0.39, 0.29) is 17.9 Å². The van der Waals surface area contributed by atoms with Gasteiger partial charge in [-0.25, -0.2) is 4.98 Å². The normalized spacial score (nSPS) is 11.6. The summed E-state index contributed by atoms with van der Waals surface area (Å²) >= 11 is 0. The molecule has 0 aliphatic heterocycles. The van der Waals surface area contributed by atoms with Gasteiger partial charge in [0, 0.05) is 25.2 Å². The molecule has 0 unspecified atom stereocenters. The number of hydrogen-bond acceptors (Lipinski definition) is 6. The van der Waals surface area contributed by atoms with Crippen LogP contribution in [0, 0.1) is 0 Å². The van der Waals surface area contributed by atoms with Crippen LogP contribution in [0.15, 0.2) is 23.1 Å². The lowest BCUT2D eigenvalue weighted by Gasteiger charge is -2.10. The van der Waals surface area contributed by atoms with Gasteiger partial charge in [-0.1, -0.05) is 19.0 Å². The smallest absolute Gasteiger partial charge is 0.257 e. The molecule has 25 heavy (non-hydrogen) atoms. The Balaban J connectivity index is 1.68. The van der Waals surface area contributed by atoms with E-state index in [0.29, 0.717) is 24.2 Å². The highest BCUT2D eigenvalue weighted by Crippen LogP contribution is 2.23. The lowest BCUT2D eigenvalue weighted by atomic mass is 10.1. The van der Waals surface area contributed by atoms with Crippen molar-refractivity contribution < 1.29 is 9.32 Å². The molecule has 132 valence electrons. The zero-order valence-electron chi connectivity index (χ0n) is 14.9. The van der Waals surface area contributed by atoms with Crippen LogP contribution in [0.2, 0.25) is 0 Å². The number of nitrogens with one attached hydrogen (secondary N) is 1. The van der Waals surface area contributed by atoms with Crippen molar-refractivity contribution in [3.8, 4) is 0 Å². The van der Waals surface area contributed by atoms with E-state index in [9.17, 15) is 4.79 Å². The number of amides is 1. The zero-order valence-corrected chi connectivity index (χ0v) is 14.9. The molecule has 0 bridgehead atoms. The van der Waals surface area contributed by atoms with E-state index in [1.54, 1.807) is 12.4 Å². The van der Waals surface area contributed by atoms with Crippen LogP contribution in [0.5, 0.6) is 0 Å².